The van der Waals surface area contributed by atoms with Gasteiger partial charge in [0.2, 0.25) is 0 Å². The zero-order chi connectivity index (χ0) is 23.8. The SMILES string of the molecule is COC(=O)c1cccc2c1c1c(n2Cc2cccc(-c3ccccc3)c2)CC(C(C)C)CC1=O. The lowest BCUT2D eigenvalue weighted by atomic mass is 9.79. The lowest BCUT2D eigenvalue weighted by Crippen LogP contribution is -2.25. The Labute approximate surface area is 200 Å². The summed E-state index contributed by atoms with van der Waals surface area (Å²) in [4.78, 5) is 26.0. The van der Waals surface area contributed by atoms with E-state index in [4.69, 9.17) is 4.74 Å². The molecule has 1 aromatic heterocycles. The highest BCUT2D eigenvalue weighted by Crippen LogP contribution is 2.39. The molecule has 172 valence electrons. The maximum atomic E-state index is 13.4. The quantitative estimate of drug-likeness (QED) is 0.324. The van der Waals surface area contributed by atoms with Crippen LogP contribution in [0.15, 0.2) is 72.8 Å². The van der Waals surface area contributed by atoms with E-state index in [1.54, 1.807) is 6.07 Å². The van der Waals surface area contributed by atoms with Crippen LogP contribution in [0.2, 0.25) is 0 Å². The van der Waals surface area contributed by atoms with Crippen molar-refractivity contribution in [1.82, 2.24) is 4.57 Å². The predicted octanol–water partition coefficient (Wildman–Crippen LogP) is 6.54. The molecule has 0 radical (unpaired) electrons. The fourth-order valence-electron chi connectivity index (χ4n) is 5.22. The molecule has 0 amide bonds. The van der Waals surface area contributed by atoms with Crippen molar-refractivity contribution in [1.29, 1.82) is 0 Å². The van der Waals surface area contributed by atoms with Crippen LogP contribution in [0.25, 0.3) is 22.0 Å². The Hall–Kier alpha value is -3.66. The van der Waals surface area contributed by atoms with E-state index in [0.717, 1.165) is 34.1 Å². The molecule has 0 bridgehead atoms. The monoisotopic (exact) mass is 451 g/mol. The molecule has 1 heterocycles. The van der Waals surface area contributed by atoms with Crippen molar-refractivity contribution in [2.45, 2.75) is 33.2 Å². The molecule has 0 aliphatic heterocycles. The number of Topliss-reactive ketones (excluding diaryl/α,β-unsaturated/α-hetero) is 1. The van der Waals surface area contributed by atoms with E-state index >= 15 is 0 Å². The van der Waals surface area contributed by atoms with Gasteiger partial charge in [-0.2, -0.15) is 0 Å². The minimum Gasteiger partial charge on any atom is -0.465 e. The van der Waals surface area contributed by atoms with Crippen LogP contribution in [0.5, 0.6) is 0 Å². The Morgan fingerprint density at radius 1 is 0.971 bits per heavy atom. The Kier molecular flexibility index (Phi) is 5.82. The number of hydrogen-bond acceptors (Lipinski definition) is 3. The van der Waals surface area contributed by atoms with E-state index in [2.05, 4.69) is 54.8 Å². The highest BCUT2D eigenvalue weighted by atomic mass is 16.5. The molecule has 1 unspecified atom stereocenters. The van der Waals surface area contributed by atoms with E-state index in [1.165, 1.54) is 12.7 Å². The Morgan fingerprint density at radius 2 is 1.71 bits per heavy atom. The highest BCUT2D eigenvalue weighted by Gasteiger charge is 2.34. The van der Waals surface area contributed by atoms with Crippen LogP contribution in [-0.2, 0) is 17.7 Å². The molecule has 1 atom stereocenters. The van der Waals surface area contributed by atoms with Crippen molar-refractivity contribution in [3.8, 4) is 11.1 Å². The lowest BCUT2D eigenvalue weighted by molar-refractivity contribution is 0.0603. The van der Waals surface area contributed by atoms with Gasteiger partial charge in [0, 0.05) is 29.6 Å². The van der Waals surface area contributed by atoms with Gasteiger partial charge in [-0.1, -0.05) is 68.4 Å². The minimum atomic E-state index is -0.407. The second-order valence-corrected chi connectivity index (χ2v) is 9.50. The molecule has 4 nitrogen and oxygen atoms in total. The van der Waals surface area contributed by atoms with E-state index in [0.29, 0.717) is 35.9 Å². The third kappa shape index (κ3) is 3.83. The molecule has 0 saturated carbocycles. The molecule has 4 heteroatoms. The summed E-state index contributed by atoms with van der Waals surface area (Å²) in [5.74, 6) is 0.416. The molecular weight excluding hydrogens is 422 g/mol. The number of ether oxygens (including phenoxy) is 1. The van der Waals surface area contributed by atoms with Gasteiger partial charge in [-0.05, 0) is 53.1 Å². The maximum Gasteiger partial charge on any atom is 0.338 e. The van der Waals surface area contributed by atoms with Crippen molar-refractivity contribution in [2.24, 2.45) is 11.8 Å². The molecule has 1 aliphatic carbocycles. The van der Waals surface area contributed by atoms with E-state index < -0.39 is 5.97 Å². The highest BCUT2D eigenvalue weighted by molar-refractivity contribution is 6.16. The number of aromatic nitrogens is 1. The number of ketones is 1. The van der Waals surface area contributed by atoms with E-state index in [9.17, 15) is 9.59 Å². The third-order valence-electron chi connectivity index (χ3n) is 7.10. The molecule has 0 N–H and O–H groups in total. The second kappa shape index (κ2) is 8.94. The Morgan fingerprint density at radius 3 is 2.44 bits per heavy atom. The zero-order valence-corrected chi connectivity index (χ0v) is 19.9. The molecule has 5 rings (SSSR count). The fourth-order valence-corrected chi connectivity index (χ4v) is 5.22. The number of fused-ring (bicyclic) bond motifs is 3. The van der Waals surface area contributed by atoms with Crippen LogP contribution in [0, 0.1) is 11.8 Å². The first-order chi connectivity index (χ1) is 16.5. The van der Waals surface area contributed by atoms with E-state index in [1.807, 2.05) is 30.3 Å². The second-order valence-electron chi connectivity index (χ2n) is 9.50. The number of hydrogen-bond donors (Lipinski definition) is 0. The minimum absolute atomic E-state index is 0.123. The van der Waals surface area contributed by atoms with Gasteiger partial charge >= 0.3 is 5.97 Å². The van der Waals surface area contributed by atoms with Gasteiger partial charge < -0.3 is 9.30 Å². The van der Waals surface area contributed by atoms with Crippen LogP contribution in [-0.4, -0.2) is 23.4 Å². The molecule has 4 aromatic rings. The standard InChI is InChI=1S/C30H29NO3/c1-19(2)23-16-26-29(27(32)17-23)28-24(30(33)34-3)13-8-14-25(28)31(26)18-20-9-7-12-22(15-20)21-10-5-4-6-11-21/h4-15,19,23H,16-18H2,1-3H3. The van der Waals surface area contributed by atoms with Crippen LogP contribution < -0.4 is 0 Å². The smallest absolute Gasteiger partial charge is 0.338 e. The number of methoxy groups -OCH3 is 1. The largest absolute Gasteiger partial charge is 0.465 e. The molecule has 0 spiro atoms. The van der Waals surface area contributed by atoms with Gasteiger partial charge in [0.25, 0.3) is 0 Å². The summed E-state index contributed by atoms with van der Waals surface area (Å²) >= 11 is 0. The van der Waals surface area contributed by atoms with Gasteiger partial charge in [-0.3, -0.25) is 4.79 Å². The normalized spacial score (nSPS) is 15.5. The first-order valence-corrected chi connectivity index (χ1v) is 11.9. The lowest BCUT2D eigenvalue weighted by Gasteiger charge is -2.26. The number of carbonyl (C=O) groups is 2. The van der Waals surface area contributed by atoms with Crippen molar-refractivity contribution < 1.29 is 14.3 Å². The molecule has 3 aromatic carbocycles. The summed E-state index contributed by atoms with van der Waals surface area (Å²) in [5, 5.41) is 0.732. The van der Waals surface area contributed by atoms with Gasteiger partial charge in [0.1, 0.15) is 0 Å². The summed E-state index contributed by atoms with van der Waals surface area (Å²) in [6.07, 6.45) is 1.34. The first kappa shape index (κ1) is 22.1. The summed E-state index contributed by atoms with van der Waals surface area (Å²) in [7, 11) is 1.39. The Balaban J connectivity index is 1.68. The van der Waals surface area contributed by atoms with Crippen LogP contribution in [0.4, 0.5) is 0 Å². The number of carbonyl (C=O) groups excluding carboxylic acids is 2. The van der Waals surface area contributed by atoms with Crippen molar-refractivity contribution in [3.63, 3.8) is 0 Å². The summed E-state index contributed by atoms with van der Waals surface area (Å²) in [5.41, 5.74) is 6.60. The average molecular weight is 452 g/mol. The van der Waals surface area contributed by atoms with E-state index in [-0.39, 0.29) is 5.78 Å². The summed E-state index contributed by atoms with van der Waals surface area (Å²) in [6, 6.07) is 24.5. The molecular formula is C30H29NO3. The first-order valence-electron chi connectivity index (χ1n) is 11.9. The summed E-state index contributed by atoms with van der Waals surface area (Å²) < 4.78 is 7.31. The van der Waals surface area contributed by atoms with Crippen LogP contribution in [0.3, 0.4) is 0 Å². The van der Waals surface area contributed by atoms with Crippen LogP contribution >= 0.6 is 0 Å². The number of benzene rings is 3. The molecule has 0 saturated heterocycles. The third-order valence-corrected chi connectivity index (χ3v) is 7.10. The zero-order valence-electron chi connectivity index (χ0n) is 19.9. The van der Waals surface area contributed by atoms with Crippen molar-refractivity contribution in [2.75, 3.05) is 7.11 Å². The van der Waals surface area contributed by atoms with Gasteiger partial charge in [0.05, 0.1) is 18.2 Å². The number of esters is 1. The van der Waals surface area contributed by atoms with Crippen LogP contribution in [0.1, 0.15) is 52.2 Å². The predicted molar refractivity (Wildman–Crippen MR) is 135 cm³/mol. The summed E-state index contributed by atoms with van der Waals surface area (Å²) in [6.45, 7) is 4.99. The van der Waals surface area contributed by atoms with Gasteiger partial charge in [0.15, 0.2) is 5.78 Å². The maximum absolute atomic E-state index is 13.4. The number of nitrogens with zero attached hydrogens (tertiary/aromatic N) is 1. The van der Waals surface area contributed by atoms with Gasteiger partial charge in [-0.25, -0.2) is 4.79 Å². The molecule has 1 aliphatic rings. The van der Waals surface area contributed by atoms with Crippen molar-refractivity contribution in [3.05, 3.63) is 95.2 Å². The Bertz CT molecular complexity index is 1380. The van der Waals surface area contributed by atoms with Crippen molar-refractivity contribution >= 4 is 22.7 Å². The molecule has 34 heavy (non-hydrogen) atoms. The van der Waals surface area contributed by atoms with Gasteiger partial charge in [-0.15, -0.1) is 0 Å². The number of rotatable bonds is 5. The average Bonchev–Trinajstić information content (AvgIpc) is 3.18. The topological polar surface area (TPSA) is 48.3 Å². The molecule has 0 fully saturated rings. The fraction of sp³-hybridized carbons (Fsp3) is 0.267.